The topological polar surface area (TPSA) is 55.6 Å². The summed E-state index contributed by atoms with van der Waals surface area (Å²) in [6.45, 7) is 1.92. The van der Waals surface area contributed by atoms with Crippen LogP contribution in [0.15, 0.2) is 24.3 Å². The molecular formula is C13H17FN2O2. The van der Waals surface area contributed by atoms with E-state index in [9.17, 15) is 9.18 Å². The van der Waals surface area contributed by atoms with Crippen molar-refractivity contribution in [1.82, 2.24) is 4.90 Å². The highest BCUT2D eigenvalue weighted by Gasteiger charge is 2.23. The van der Waals surface area contributed by atoms with Crippen molar-refractivity contribution in [2.75, 3.05) is 26.2 Å². The van der Waals surface area contributed by atoms with E-state index >= 15 is 0 Å². The standard InChI is InChI=1S/C13H17FN2O2/c14-12-4-2-1-3-10(12)7-13(17)16-5-6-18-11(8-15)9-16/h1-4,11H,5-9,15H2. The monoisotopic (exact) mass is 252 g/mol. The van der Waals surface area contributed by atoms with E-state index in [-0.39, 0.29) is 24.2 Å². The lowest BCUT2D eigenvalue weighted by Crippen LogP contribution is -2.48. The smallest absolute Gasteiger partial charge is 0.227 e. The van der Waals surface area contributed by atoms with Gasteiger partial charge in [0.25, 0.3) is 0 Å². The molecule has 4 nitrogen and oxygen atoms in total. The number of morpholine rings is 1. The van der Waals surface area contributed by atoms with Crippen molar-refractivity contribution >= 4 is 5.91 Å². The van der Waals surface area contributed by atoms with Crippen molar-refractivity contribution in [2.45, 2.75) is 12.5 Å². The van der Waals surface area contributed by atoms with Gasteiger partial charge in [-0.3, -0.25) is 4.79 Å². The number of nitrogens with two attached hydrogens (primary N) is 1. The summed E-state index contributed by atoms with van der Waals surface area (Å²) in [5.41, 5.74) is 5.95. The average Bonchev–Trinajstić information content (AvgIpc) is 2.41. The molecule has 0 spiro atoms. The Bertz CT molecular complexity index is 425. The van der Waals surface area contributed by atoms with Gasteiger partial charge in [-0.25, -0.2) is 4.39 Å². The Labute approximate surface area is 106 Å². The maximum Gasteiger partial charge on any atom is 0.227 e. The van der Waals surface area contributed by atoms with Crippen LogP contribution in [0, 0.1) is 5.82 Å². The number of carbonyl (C=O) groups is 1. The number of amides is 1. The third-order valence-electron chi connectivity index (χ3n) is 3.05. The van der Waals surface area contributed by atoms with E-state index < -0.39 is 0 Å². The maximum absolute atomic E-state index is 13.4. The molecule has 0 radical (unpaired) electrons. The fourth-order valence-corrected chi connectivity index (χ4v) is 2.00. The fourth-order valence-electron chi connectivity index (χ4n) is 2.00. The van der Waals surface area contributed by atoms with Crippen molar-refractivity contribution in [3.05, 3.63) is 35.6 Å². The predicted molar refractivity (Wildman–Crippen MR) is 65.5 cm³/mol. The first-order valence-corrected chi connectivity index (χ1v) is 6.03. The van der Waals surface area contributed by atoms with Gasteiger partial charge in [0.05, 0.1) is 19.1 Å². The molecule has 18 heavy (non-hydrogen) atoms. The SMILES string of the molecule is NCC1CN(C(=O)Cc2ccccc2F)CCO1. The normalized spacial score (nSPS) is 19.9. The van der Waals surface area contributed by atoms with Gasteiger partial charge in [0.1, 0.15) is 5.82 Å². The van der Waals surface area contributed by atoms with E-state index in [1.165, 1.54) is 6.07 Å². The predicted octanol–water partition coefficient (Wildman–Crippen LogP) is 0.554. The lowest BCUT2D eigenvalue weighted by atomic mass is 10.1. The van der Waals surface area contributed by atoms with Crippen LogP contribution in [0.25, 0.3) is 0 Å². The summed E-state index contributed by atoms with van der Waals surface area (Å²) in [6, 6.07) is 6.34. The van der Waals surface area contributed by atoms with Crippen molar-refractivity contribution in [1.29, 1.82) is 0 Å². The molecule has 1 aliphatic rings. The average molecular weight is 252 g/mol. The molecule has 1 heterocycles. The van der Waals surface area contributed by atoms with E-state index in [2.05, 4.69) is 0 Å². The molecule has 2 N–H and O–H groups in total. The van der Waals surface area contributed by atoms with Crippen molar-refractivity contribution in [3.63, 3.8) is 0 Å². The van der Waals surface area contributed by atoms with Gasteiger partial charge in [-0.05, 0) is 11.6 Å². The highest BCUT2D eigenvalue weighted by Crippen LogP contribution is 2.11. The van der Waals surface area contributed by atoms with E-state index in [0.29, 0.717) is 31.8 Å². The molecule has 0 aliphatic carbocycles. The first kappa shape index (κ1) is 13.0. The number of ether oxygens (including phenoxy) is 1. The Balaban J connectivity index is 1.97. The second kappa shape index (κ2) is 5.93. The molecule has 0 bridgehead atoms. The third-order valence-corrected chi connectivity index (χ3v) is 3.05. The zero-order valence-electron chi connectivity index (χ0n) is 10.1. The Morgan fingerprint density at radius 2 is 2.28 bits per heavy atom. The Kier molecular flexibility index (Phi) is 4.28. The zero-order chi connectivity index (χ0) is 13.0. The molecule has 0 aromatic heterocycles. The van der Waals surface area contributed by atoms with E-state index in [1.54, 1.807) is 23.1 Å². The third kappa shape index (κ3) is 3.05. The Hall–Kier alpha value is -1.46. The Morgan fingerprint density at radius 1 is 1.50 bits per heavy atom. The van der Waals surface area contributed by atoms with E-state index in [4.69, 9.17) is 10.5 Å². The zero-order valence-corrected chi connectivity index (χ0v) is 10.1. The largest absolute Gasteiger partial charge is 0.373 e. The molecule has 2 rings (SSSR count). The fraction of sp³-hybridized carbons (Fsp3) is 0.462. The van der Waals surface area contributed by atoms with Gasteiger partial charge in [-0.1, -0.05) is 18.2 Å². The van der Waals surface area contributed by atoms with Gasteiger partial charge in [-0.15, -0.1) is 0 Å². The van der Waals surface area contributed by atoms with Crippen LogP contribution in [0.3, 0.4) is 0 Å². The second-order valence-corrected chi connectivity index (χ2v) is 4.34. The van der Waals surface area contributed by atoms with Gasteiger partial charge in [0, 0.05) is 19.6 Å². The van der Waals surface area contributed by atoms with Crippen LogP contribution in [0.1, 0.15) is 5.56 Å². The molecular weight excluding hydrogens is 235 g/mol. The molecule has 1 atom stereocenters. The molecule has 1 amide bonds. The molecule has 1 aromatic carbocycles. The van der Waals surface area contributed by atoms with Crippen LogP contribution in [0.5, 0.6) is 0 Å². The molecule has 1 saturated heterocycles. The van der Waals surface area contributed by atoms with Crippen LogP contribution < -0.4 is 5.73 Å². The molecule has 5 heteroatoms. The molecule has 1 aromatic rings. The lowest BCUT2D eigenvalue weighted by molar-refractivity contribution is -0.137. The molecule has 1 unspecified atom stereocenters. The second-order valence-electron chi connectivity index (χ2n) is 4.34. The van der Waals surface area contributed by atoms with Crippen molar-refractivity contribution < 1.29 is 13.9 Å². The van der Waals surface area contributed by atoms with Crippen LogP contribution in [0.4, 0.5) is 4.39 Å². The molecule has 98 valence electrons. The summed E-state index contributed by atoms with van der Waals surface area (Å²) in [6.07, 6.45) is -0.0208. The Morgan fingerprint density at radius 3 is 3.00 bits per heavy atom. The van der Waals surface area contributed by atoms with Gasteiger partial charge < -0.3 is 15.4 Å². The lowest BCUT2D eigenvalue weighted by Gasteiger charge is -2.32. The van der Waals surface area contributed by atoms with Gasteiger partial charge in [0.15, 0.2) is 0 Å². The van der Waals surface area contributed by atoms with Gasteiger partial charge >= 0.3 is 0 Å². The van der Waals surface area contributed by atoms with Crippen LogP contribution in [-0.4, -0.2) is 43.2 Å². The number of hydrogen-bond acceptors (Lipinski definition) is 3. The first-order valence-electron chi connectivity index (χ1n) is 6.03. The van der Waals surface area contributed by atoms with Crippen LogP contribution in [-0.2, 0) is 16.0 Å². The number of hydrogen-bond donors (Lipinski definition) is 1. The number of nitrogens with zero attached hydrogens (tertiary/aromatic N) is 1. The van der Waals surface area contributed by atoms with Crippen LogP contribution >= 0.6 is 0 Å². The minimum Gasteiger partial charge on any atom is -0.373 e. The van der Waals surface area contributed by atoms with Crippen LogP contribution in [0.2, 0.25) is 0 Å². The molecule has 1 fully saturated rings. The summed E-state index contributed by atoms with van der Waals surface area (Å²) >= 11 is 0. The number of benzene rings is 1. The maximum atomic E-state index is 13.4. The molecule has 0 saturated carbocycles. The number of halogens is 1. The summed E-state index contributed by atoms with van der Waals surface area (Å²) in [4.78, 5) is 13.7. The van der Waals surface area contributed by atoms with Crippen molar-refractivity contribution in [2.24, 2.45) is 5.73 Å². The highest BCUT2D eigenvalue weighted by molar-refractivity contribution is 5.79. The highest BCUT2D eigenvalue weighted by atomic mass is 19.1. The van der Waals surface area contributed by atoms with Gasteiger partial charge in [0.2, 0.25) is 5.91 Å². The number of carbonyl (C=O) groups excluding carboxylic acids is 1. The summed E-state index contributed by atoms with van der Waals surface area (Å²) in [5.74, 6) is -0.420. The molecule has 1 aliphatic heterocycles. The van der Waals surface area contributed by atoms with E-state index in [1.807, 2.05) is 0 Å². The quantitative estimate of drug-likeness (QED) is 0.855. The summed E-state index contributed by atoms with van der Waals surface area (Å²) in [7, 11) is 0. The van der Waals surface area contributed by atoms with E-state index in [0.717, 1.165) is 0 Å². The van der Waals surface area contributed by atoms with Gasteiger partial charge in [-0.2, -0.15) is 0 Å². The summed E-state index contributed by atoms with van der Waals surface area (Å²) < 4.78 is 18.8. The van der Waals surface area contributed by atoms with Crippen molar-refractivity contribution in [3.8, 4) is 0 Å². The minimum absolute atomic E-state index is 0.0816. The minimum atomic E-state index is -0.338. The summed E-state index contributed by atoms with van der Waals surface area (Å²) in [5, 5.41) is 0. The number of rotatable bonds is 3. The first-order chi connectivity index (χ1) is 8.70.